The van der Waals surface area contributed by atoms with E-state index in [9.17, 15) is 4.79 Å². The molecule has 21 heavy (non-hydrogen) atoms. The van der Waals surface area contributed by atoms with Gasteiger partial charge in [-0.2, -0.15) is 0 Å². The number of ketones is 1. The molecular weight excluding hydrogens is 292 g/mol. The van der Waals surface area contributed by atoms with Crippen LogP contribution in [0.1, 0.15) is 15.9 Å². The summed E-state index contributed by atoms with van der Waals surface area (Å²) in [5, 5.41) is 0.342. The molecule has 0 spiro atoms. The first-order valence-electron chi connectivity index (χ1n) is 6.21. The number of halogens is 1. The molecule has 5 heteroatoms. The number of ether oxygens (including phenoxy) is 3. The Labute approximate surface area is 128 Å². The van der Waals surface area contributed by atoms with Gasteiger partial charge in [0.15, 0.2) is 17.3 Å². The van der Waals surface area contributed by atoms with Crippen LogP contribution in [0.3, 0.4) is 0 Å². The lowest BCUT2D eigenvalue weighted by molar-refractivity contribution is 0.103. The summed E-state index contributed by atoms with van der Waals surface area (Å²) >= 11 is 6.13. The summed E-state index contributed by atoms with van der Waals surface area (Å²) in [6, 6.07) is 9.92. The fourth-order valence-corrected chi connectivity index (χ4v) is 2.20. The minimum Gasteiger partial charge on any atom is -0.497 e. The lowest BCUT2D eigenvalue weighted by Gasteiger charge is -2.10. The minimum atomic E-state index is -0.191. The largest absolute Gasteiger partial charge is 0.497 e. The number of methoxy groups -OCH3 is 3. The normalized spacial score (nSPS) is 10.1. The molecule has 0 aliphatic carbocycles. The van der Waals surface area contributed by atoms with Crippen LogP contribution in [0.5, 0.6) is 17.2 Å². The maximum absolute atomic E-state index is 12.5. The molecule has 2 aromatic rings. The first-order valence-corrected chi connectivity index (χ1v) is 6.58. The molecule has 0 atom stereocenters. The zero-order valence-corrected chi connectivity index (χ0v) is 12.7. The Morgan fingerprint density at radius 1 is 0.905 bits per heavy atom. The zero-order chi connectivity index (χ0) is 15.4. The van der Waals surface area contributed by atoms with E-state index >= 15 is 0 Å². The van der Waals surface area contributed by atoms with Crippen LogP contribution in [-0.4, -0.2) is 27.1 Å². The third kappa shape index (κ3) is 3.11. The number of benzene rings is 2. The van der Waals surface area contributed by atoms with Crippen LogP contribution < -0.4 is 14.2 Å². The predicted molar refractivity (Wildman–Crippen MR) is 81.0 cm³/mol. The van der Waals surface area contributed by atoms with E-state index in [4.69, 9.17) is 25.8 Å². The van der Waals surface area contributed by atoms with Crippen LogP contribution in [0.2, 0.25) is 5.02 Å². The van der Waals surface area contributed by atoms with Crippen molar-refractivity contribution < 1.29 is 19.0 Å². The number of rotatable bonds is 5. The van der Waals surface area contributed by atoms with Gasteiger partial charge in [-0.25, -0.2) is 0 Å². The molecule has 0 heterocycles. The number of hydrogen-bond donors (Lipinski definition) is 0. The summed E-state index contributed by atoms with van der Waals surface area (Å²) in [7, 11) is 4.60. The Morgan fingerprint density at radius 3 is 2.19 bits per heavy atom. The van der Waals surface area contributed by atoms with Crippen molar-refractivity contribution in [3.8, 4) is 17.2 Å². The molecule has 0 bridgehead atoms. The summed E-state index contributed by atoms with van der Waals surface area (Å²) in [5.74, 6) is 1.47. The highest BCUT2D eigenvalue weighted by molar-refractivity contribution is 6.35. The van der Waals surface area contributed by atoms with Crippen molar-refractivity contribution in [1.29, 1.82) is 0 Å². The maximum Gasteiger partial charge on any atom is 0.194 e. The van der Waals surface area contributed by atoms with E-state index in [0.29, 0.717) is 33.4 Å². The lowest BCUT2D eigenvalue weighted by Crippen LogP contribution is -2.03. The maximum atomic E-state index is 12.5. The second-order valence-electron chi connectivity index (χ2n) is 4.24. The van der Waals surface area contributed by atoms with Crippen molar-refractivity contribution in [3.63, 3.8) is 0 Å². The quantitative estimate of drug-likeness (QED) is 0.792. The third-order valence-electron chi connectivity index (χ3n) is 3.07. The van der Waals surface area contributed by atoms with E-state index in [1.54, 1.807) is 50.6 Å². The first kappa shape index (κ1) is 15.2. The van der Waals surface area contributed by atoms with Gasteiger partial charge in [0, 0.05) is 11.1 Å². The molecule has 4 nitrogen and oxygen atoms in total. The van der Waals surface area contributed by atoms with Gasteiger partial charge in [0.2, 0.25) is 0 Å². The molecule has 0 saturated carbocycles. The Hall–Kier alpha value is -2.20. The van der Waals surface area contributed by atoms with E-state index < -0.39 is 0 Å². The highest BCUT2D eigenvalue weighted by Crippen LogP contribution is 2.30. The van der Waals surface area contributed by atoms with Gasteiger partial charge >= 0.3 is 0 Å². The average molecular weight is 307 g/mol. The van der Waals surface area contributed by atoms with Gasteiger partial charge in [-0.3, -0.25) is 4.79 Å². The van der Waals surface area contributed by atoms with Gasteiger partial charge in [0.25, 0.3) is 0 Å². The minimum absolute atomic E-state index is 0.191. The molecular formula is C16H15ClO4. The highest BCUT2D eigenvalue weighted by atomic mass is 35.5. The fourth-order valence-electron chi connectivity index (χ4n) is 1.94. The van der Waals surface area contributed by atoms with Gasteiger partial charge in [0.05, 0.1) is 26.4 Å². The van der Waals surface area contributed by atoms with E-state index in [0.717, 1.165) is 0 Å². The lowest BCUT2D eigenvalue weighted by atomic mass is 10.0. The Balaban J connectivity index is 2.40. The number of carbonyl (C=O) groups is 1. The summed E-state index contributed by atoms with van der Waals surface area (Å²) in [4.78, 5) is 12.5. The van der Waals surface area contributed by atoms with E-state index in [-0.39, 0.29) is 5.78 Å². The van der Waals surface area contributed by atoms with Crippen molar-refractivity contribution in [2.75, 3.05) is 21.3 Å². The van der Waals surface area contributed by atoms with Crippen LogP contribution in [0.4, 0.5) is 0 Å². The summed E-state index contributed by atoms with van der Waals surface area (Å²) in [6.07, 6.45) is 0. The molecule has 2 rings (SSSR count). The second-order valence-corrected chi connectivity index (χ2v) is 4.65. The Morgan fingerprint density at radius 2 is 1.62 bits per heavy atom. The summed E-state index contributed by atoms with van der Waals surface area (Å²) in [6.45, 7) is 0. The average Bonchev–Trinajstić information content (AvgIpc) is 2.53. The monoisotopic (exact) mass is 306 g/mol. The summed E-state index contributed by atoms with van der Waals surface area (Å²) in [5.41, 5.74) is 0.879. The van der Waals surface area contributed by atoms with Crippen molar-refractivity contribution in [2.45, 2.75) is 0 Å². The van der Waals surface area contributed by atoms with Gasteiger partial charge < -0.3 is 14.2 Å². The smallest absolute Gasteiger partial charge is 0.194 e. The zero-order valence-electron chi connectivity index (χ0n) is 12.0. The van der Waals surface area contributed by atoms with Gasteiger partial charge in [-0.15, -0.1) is 0 Å². The van der Waals surface area contributed by atoms with Crippen LogP contribution in [0, 0.1) is 0 Å². The van der Waals surface area contributed by atoms with Crippen LogP contribution in [0.25, 0.3) is 0 Å². The second kappa shape index (κ2) is 6.50. The SMILES string of the molecule is COc1ccc(C(=O)c2ccc(OC)c(OC)c2)c(Cl)c1. The molecule has 0 radical (unpaired) electrons. The molecule has 2 aromatic carbocycles. The number of hydrogen-bond acceptors (Lipinski definition) is 4. The molecule has 0 saturated heterocycles. The van der Waals surface area contributed by atoms with Gasteiger partial charge in [-0.1, -0.05) is 11.6 Å². The molecule has 0 unspecified atom stereocenters. The Bertz CT molecular complexity index is 667. The molecule has 0 aromatic heterocycles. The van der Waals surface area contributed by atoms with Crippen molar-refractivity contribution in [2.24, 2.45) is 0 Å². The van der Waals surface area contributed by atoms with Crippen molar-refractivity contribution in [1.82, 2.24) is 0 Å². The highest BCUT2D eigenvalue weighted by Gasteiger charge is 2.16. The molecule has 0 N–H and O–H groups in total. The van der Waals surface area contributed by atoms with E-state index in [1.807, 2.05) is 0 Å². The standard InChI is InChI=1S/C16H15ClO4/c1-19-11-5-6-12(13(17)9-11)16(18)10-4-7-14(20-2)15(8-10)21-3/h4-9H,1-3H3. The first-order chi connectivity index (χ1) is 10.1. The van der Waals surface area contributed by atoms with E-state index in [2.05, 4.69) is 0 Å². The molecule has 0 aliphatic rings. The summed E-state index contributed by atoms with van der Waals surface area (Å²) < 4.78 is 15.4. The van der Waals surface area contributed by atoms with Crippen LogP contribution >= 0.6 is 11.6 Å². The molecule has 0 fully saturated rings. The van der Waals surface area contributed by atoms with Crippen LogP contribution in [-0.2, 0) is 0 Å². The van der Waals surface area contributed by atoms with Crippen LogP contribution in [0.15, 0.2) is 36.4 Å². The molecule has 0 amide bonds. The topological polar surface area (TPSA) is 44.8 Å². The Kier molecular flexibility index (Phi) is 4.70. The van der Waals surface area contributed by atoms with Gasteiger partial charge in [0.1, 0.15) is 5.75 Å². The molecule has 110 valence electrons. The van der Waals surface area contributed by atoms with Crippen molar-refractivity contribution in [3.05, 3.63) is 52.5 Å². The third-order valence-corrected chi connectivity index (χ3v) is 3.38. The molecule has 0 aliphatic heterocycles. The van der Waals surface area contributed by atoms with Crippen molar-refractivity contribution >= 4 is 17.4 Å². The number of carbonyl (C=O) groups excluding carboxylic acids is 1. The fraction of sp³-hybridized carbons (Fsp3) is 0.188. The van der Waals surface area contributed by atoms with E-state index in [1.165, 1.54) is 7.11 Å². The predicted octanol–water partition coefficient (Wildman–Crippen LogP) is 3.60. The van der Waals surface area contributed by atoms with Gasteiger partial charge in [-0.05, 0) is 36.4 Å².